The molecule has 21 heavy (non-hydrogen) atoms. The van der Waals surface area contributed by atoms with Crippen LogP contribution in [0.15, 0.2) is 23.7 Å². The van der Waals surface area contributed by atoms with Crippen LogP contribution in [0, 0.1) is 18.6 Å². The van der Waals surface area contributed by atoms with E-state index in [0.29, 0.717) is 18.7 Å². The van der Waals surface area contributed by atoms with Crippen LogP contribution in [-0.2, 0) is 11.3 Å². The Morgan fingerprint density at radius 2 is 2.24 bits per heavy atom. The van der Waals surface area contributed by atoms with Crippen LogP contribution in [0.1, 0.15) is 28.7 Å². The average Bonchev–Trinajstić information content (AvgIpc) is 3.08. The van der Waals surface area contributed by atoms with Crippen molar-refractivity contribution in [1.82, 2.24) is 10.3 Å². The molecule has 2 aromatic rings. The van der Waals surface area contributed by atoms with Crippen molar-refractivity contribution in [3.8, 4) is 0 Å². The van der Waals surface area contributed by atoms with Gasteiger partial charge in [-0.05, 0) is 31.0 Å². The fraction of sp³-hybridized carbons (Fsp3) is 0.400. The molecule has 1 N–H and O–H groups in total. The summed E-state index contributed by atoms with van der Waals surface area (Å²) in [5.74, 6) is -1.67. The Morgan fingerprint density at radius 3 is 2.95 bits per heavy atom. The third-order valence-corrected chi connectivity index (χ3v) is 4.67. The molecule has 0 unspecified atom stereocenters. The normalized spacial score (nSPS) is 21.9. The second-order valence-electron chi connectivity index (χ2n) is 5.10. The number of thiazole rings is 1. The van der Waals surface area contributed by atoms with E-state index in [4.69, 9.17) is 4.74 Å². The molecule has 2 heterocycles. The summed E-state index contributed by atoms with van der Waals surface area (Å²) < 4.78 is 32.1. The Kier molecular flexibility index (Phi) is 4.28. The SMILES string of the molecule is Cc1ncsc1CN[C@H]1CCO[C@H]1c1ccc(F)c(F)c1. The van der Waals surface area contributed by atoms with E-state index in [1.54, 1.807) is 17.4 Å². The highest BCUT2D eigenvalue weighted by Crippen LogP contribution is 2.30. The Labute approximate surface area is 126 Å². The van der Waals surface area contributed by atoms with Crippen LogP contribution in [0.2, 0.25) is 0 Å². The zero-order valence-electron chi connectivity index (χ0n) is 11.6. The highest BCUT2D eigenvalue weighted by atomic mass is 32.1. The van der Waals surface area contributed by atoms with Crippen LogP contribution in [0.25, 0.3) is 0 Å². The van der Waals surface area contributed by atoms with Crippen LogP contribution < -0.4 is 5.32 Å². The van der Waals surface area contributed by atoms with Crippen molar-refractivity contribution < 1.29 is 13.5 Å². The molecule has 0 saturated carbocycles. The first-order valence-corrected chi connectivity index (χ1v) is 7.72. The van der Waals surface area contributed by atoms with Gasteiger partial charge in [0.25, 0.3) is 0 Å². The van der Waals surface area contributed by atoms with Gasteiger partial charge in [0, 0.05) is 24.1 Å². The fourth-order valence-electron chi connectivity index (χ4n) is 2.54. The number of nitrogens with zero attached hydrogens (tertiary/aromatic N) is 1. The first-order chi connectivity index (χ1) is 10.1. The molecule has 6 heteroatoms. The van der Waals surface area contributed by atoms with Gasteiger partial charge < -0.3 is 10.1 Å². The molecule has 1 saturated heterocycles. The van der Waals surface area contributed by atoms with Gasteiger partial charge in [-0.3, -0.25) is 0 Å². The number of benzene rings is 1. The molecule has 1 fully saturated rings. The van der Waals surface area contributed by atoms with Crippen molar-refractivity contribution in [3.63, 3.8) is 0 Å². The summed E-state index contributed by atoms with van der Waals surface area (Å²) in [4.78, 5) is 5.40. The number of aryl methyl sites for hydroxylation is 1. The predicted molar refractivity (Wildman–Crippen MR) is 77.1 cm³/mol. The molecular weight excluding hydrogens is 294 g/mol. The van der Waals surface area contributed by atoms with Crippen LogP contribution in [0.3, 0.4) is 0 Å². The number of aromatic nitrogens is 1. The molecule has 0 amide bonds. The largest absolute Gasteiger partial charge is 0.372 e. The van der Waals surface area contributed by atoms with Crippen molar-refractivity contribution in [1.29, 1.82) is 0 Å². The number of rotatable bonds is 4. The second kappa shape index (κ2) is 6.17. The van der Waals surface area contributed by atoms with Crippen LogP contribution in [0.4, 0.5) is 8.78 Å². The fourth-order valence-corrected chi connectivity index (χ4v) is 3.26. The predicted octanol–water partition coefficient (Wildman–Crippen LogP) is 3.35. The molecule has 0 bridgehead atoms. The number of hydrogen-bond donors (Lipinski definition) is 1. The zero-order chi connectivity index (χ0) is 14.8. The first-order valence-electron chi connectivity index (χ1n) is 6.84. The van der Waals surface area contributed by atoms with Crippen molar-refractivity contribution in [2.24, 2.45) is 0 Å². The maximum absolute atomic E-state index is 13.4. The maximum Gasteiger partial charge on any atom is 0.159 e. The first kappa shape index (κ1) is 14.6. The van der Waals surface area contributed by atoms with Gasteiger partial charge in [0.15, 0.2) is 11.6 Å². The summed E-state index contributed by atoms with van der Waals surface area (Å²) in [6.45, 7) is 3.30. The van der Waals surface area contributed by atoms with Crippen LogP contribution >= 0.6 is 11.3 Å². The van der Waals surface area contributed by atoms with Crippen molar-refractivity contribution in [2.75, 3.05) is 6.61 Å². The lowest BCUT2D eigenvalue weighted by molar-refractivity contribution is 0.0981. The number of nitrogens with one attached hydrogen (secondary N) is 1. The molecule has 112 valence electrons. The van der Waals surface area contributed by atoms with Gasteiger partial charge in [-0.15, -0.1) is 11.3 Å². The highest BCUT2D eigenvalue weighted by molar-refractivity contribution is 7.09. The van der Waals surface area contributed by atoms with Crippen LogP contribution in [-0.4, -0.2) is 17.6 Å². The third-order valence-electron chi connectivity index (χ3n) is 3.73. The van der Waals surface area contributed by atoms with Gasteiger partial charge in [0.1, 0.15) is 0 Å². The summed E-state index contributed by atoms with van der Waals surface area (Å²) >= 11 is 1.61. The molecule has 2 atom stereocenters. The molecule has 3 nitrogen and oxygen atoms in total. The Hall–Kier alpha value is -1.37. The highest BCUT2D eigenvalue weighted by Gasteiger charge is 2.30. The van der Waals surface area contributed by atoms with E-state index >= 15 is 0 Å². The molecule has 1 aromatic carbocycles. The lowest BCUT2D eigenvalue weighted by Gasteiger charge is -2.20. The number of ether oxygens (including phenoxy) is 1. The quantitative estimate of drug-likeness (QED) is 0.940. The standard InChI is InChI=1S/C15H16F2N2OS/c1-9-14(21-8-19-9)7-18-13-4-5-20-15(13)10-2-3-11(16)12(17)6-10/h2-3,6,8,13,15,18H,4-5,7H2,1H3/t13-,15-/m0/s1. The maximum atomic E-state index is 13.4. The molecule has 0 spiro atoms. The van der Waals surface area contributed by atoms with Gasteiger partial charge in [0.2, 0.25) is 0 Å². The lowest BCUT2D eigenvalue weighted by Crippen LogP contribution is -2.31. The van der Waals surface area contributed by atoms with E-state index in [2.05, 4.69) is 10.3 Å². The summed E-state index contributed by atoms with van der Waals surface area (Å²) in [5.41, 5.74) is 3.52. The van der Waals surface area contributed by atoms with E-state index in [-0.39, 0.29) is 12.1 Å². The van der Waals surface area contributed by atoms with Crippen molar-refractivity contribution >= 4 is 11.3 Å². The minimum atomic E-state index is -0.833. The zero-order valence-corrected chi connectivity index (χ0v) is 12.4. The summed E-state index contributed by atoms with van der Waals surface area (Å²) in [6, 6.07) is 4.05. The van der Waals surface area contributed by atoms with Gasteiger partial charge in [0.05, 0.1) is 17.3 Å². The molecule has 0 aliphatic carbocycles. The third kappa shape index (κ3) is 3.12. The van der Waals surface area contributed by atoms with Crippen LogP contribution in [0.5, 0.6) is 0 Å². The monoisotopic (exact) mass is 310 g/mol. The van der Waals surface area contributed by atoms with E-state index in [0.717, 1.165) is 18.2 Å². The van der Waals surface area contributed by atoms with Gasteiger partial charge >= 0.3 is 0 Å². The second-order valence-corrected chi connectivity index (χ2v) is 6.04. The molecule has 1 aromatic heterocycles. The minimum Gasteiger partial charge on any atom is -0.372 e. The van der Waals surface area contributed by atoms with Gasteiger partial charge in [-0.1, -0.05) is 6.07 Å². The average molecular weight is 310 g/mol. The minimum absolute atomic E-state index is 0.0939. The smallest absolute Gasteiger partial charge is 0.159 e. The van der Waals surface area contributed by atoms with E-state index < -0.39 is 11.6 Å². The topological polar surface area (TPSA) is 34.2 Å². The van der Waals surface area contributed by atoms with Gasteiger partial charge in [-0.25, -0.2) is 13.8 Å². The van der Waals surface area contributed by atoms with Gasteiger partial charge in [-0.2, -0.15) is 0 Å². The Balaban J connectivity index is 1.70. The molecular formula is C15H16F2N2OS. The molecule has 1 aliphatic rings. The lowest BCUT2D eigenvalue weighted by atomic mass is 10.0. The van der Waals surface area contributed by atoms with Crippen molar-refractivity contribution in [3.05, 3.63) is 51.5 Å². The van der Waals surface area contributed by atoms with E-state index in [1.807, 2.05) is 12.4 Å². The van der Waals surface area contributed by atoms with E-state index in [1.165, 1.54) is 10.9 Å². The van der Waals surface area contributed by atoms with Crippen molar-refractivity contribution in [2.45, 2.75) is 32.0 Å². The number of hydrogen-bond acceptors (Lipinski definition) is 4. The summed E-state index contributed by atoms with van der Waals surface area (Å²) in [5, 5.41) is 3.44. The Morgan fingerprint density at radius 1 is 1.38 bits per heavy atom. The summed E-state index contributed by atoms with van der Waals surface area (Å²) in [6.07, 6.45) is 0.606. The molecule has 1 aliphatic heterocycles. The Bertz CT molecular complexity index is 632. The van der Waals surface area contributed by atoms with E-state index in [9.17, 15) is 8.78 Å². The summed E-state index contributed by atoms with van der Waals surface area (Å²) in [7, 11) is 0. The molecule has 3 rings (SSSR count). The molecule has 0 radical (unpaired) electrons. The number of halogens is 2.